The summed E-state index contributed by atoms with van der Waals surface area (Å²) in [7, 11) is 0. The van der Waals surface area contributed by atoms with Gasteiger partial charge in [0.2, 0.25) is 0 Å². The zero-order valence-electron chi connectivity index (χ0n) is 10.7. The van der Waals surface area contributed by atoms with E-state index in [0.29, 0.717) is 0 Å². The predicted octanol–water partition coefficient (Wildman–Crippen LogP) is 4.04. The first-order chi connectivity index (χ1) is 7.96. The summed E-state index contributed by atoms with van der Waals surface area (Å²) in [6, 6.07) is 3.93. The Kier molecular flexibility index (Phi) is 4.30. The highest BCUT2D eigenvalue weighted by Crippen LogP contribution is 2.26. The van der Waals surface area contributed by atoms with Gasteiger partial charge >= 0.3 is 0 Å². The molecule has 0 atom stereocenters. The molecule has 0 unspecified atom stereocenters. The van der Waals surface area contributed by atoms with Crippen molar-refractivity contribution in [2.45, 2.75) is 40.0 Å². The smallest absolute Gasteiger partial charge is 0.132 e. The fourth-order valence-electron chi connectivity index (χ4n) is 1.71. The van der Waals surface area contributed by atoms with Gasteiger partial charge in [0.05, 0.1) is 0 Å². The van der Waals surface area contributed by atoms with Crippen LogP contribution in [-0.2, 0) is 0 Å². The highest BCUT2D eigenvalue weighted by molar-refractivity contribution is 5.48. The van der Waals surface area contributed by atoms with Crippen molar-refractivity contribution < 1.29 is 0 Å². The van der Waals surface area contributed by atoms with E-state index in [1.807, 2.05) is 18.2 Å². The second kappa shape index (κ2) is 5.51. The van der Waals surface area contributed by atoms with Crippen LogP contribution in [0.3, 0.4) is 0 Å². The minimum atomic E-state index is 0.162. The Balaban J connectivity index is 2.98. The highest BCUT2D eigenvalue weighted by Gasteiger charge is 2.11. The van der Waals surface area contributed by atoms with E-state index in [2.05, 4.69) is 32.9 Å². The van der Waals surface area contributed by atoms with Crippen LogP contribution in [0.2, 0.25) is 0 Å². The average Bonchev–Trinajstić information content (AvgIpc) is 2.28. The number of hydrogen-bond donors (Lipinski definition) is 0. The number of hydrogen-bond acceptors (Lipinski definition) is 2. The Hall–Kier alpha value is -1.80. The third kappa shape index (κ3) is 4.29. The van der Waals surface area contributed by atoms with Gasteiger partial charge in [0.15, 0.2) is 0 Å². The van der Waals surface area contributed by atoms with E-state index in [4.69, 9.17) is 10.5 Å². The first-order valence-electron chi connectivity index (χ1n) is 5.89. The molecule has 2 heteroatoms. The summed E-state index contributed by atoms with van der Waals surface area (Å²) in [5.74, 6) is 0. The second-order valence-corrected chi connectivity index (χ2v) is 5.40. The Bertz CT molecular complexity index is 441. The van der Waals surface area contributed by atoms with E-state index in [-0.39, 0.29) is 11.0 Å². The molecule has 0 aromatic heterocycles. The van der Waals surface area contributed by atoms with Crippen molar-refractivity contribution >= 4 is 0 Å². The molecule has 0 aromatic rings. The van der Waals surface area contributed by atoms with E-state index in [1.54, 1.807) is 0 Å². The average molecular weight is 226 g/mol. The van der Waals surface area contributed by atoms with Crippen molar-refractivity contribution in [3.8, 4) is 12.1 Å². The first kappa shape index (κ1) is 13.3. The molecule has 1 aliphatic rings. The largest absolute Gasteiger partial charge is 0.192 e. The fraction of sp³-hybridized carbons (Fsp3) is 0.467. The lowest BCUT2D eigenvalue weighted by Crippen LogP contribution is -2.00. The van der Waals surface area contributed by atoms with Crippen molar-refractivity contribution in [1.29, 1.82) is 10.5 Å². The monoisotopic (exact) mass is 226 g/mol. The van der Waals surface area contributed by atoms with Crippen LogP contribution in [0.5, 0.6) is 0 Å². The lowest BCUT2D eigenvalue weighted by Gasteiger charge is -2.15. The molecule has 17 heavy (non-hydrogen) atoms. The summed E-state index contributed by atoms with van der Waals surface area (Å²) >= 11 is 0. The van der Waals surface area contributed by atoms with Gasteiger partial charge < -0.3 is 0 Å². The molecular formula is C15H18N2. The Labute approximate surface area is 104 Å². The molecule has 0 saturated carbocycles. The summed E-state index contributed by atoms with van der Waals surface area (Å²) in [4.78, 5) is 0. The van der Waals surface area contributed by atoms with Crippen LogP contribution in [0, 0.1) is 28.1 Å². The van der Waals surface area contributed by atoms with Gasteiger partial charge in [-0.3, -0.25) is 0 Å². The molecule has 0 N–H and O–H groups in total. The van der Waals surface area contributed by atoms with Crippen molar-refractivity contribution in [3.05, 3.63) is 34.9 Å². The topological polar surface area (TPSA) is 47.6 Å². The molecule has 0 saturated heterocycles. The number of nitrogens with zero attached hydrogens (tertiary/aromatic N) is 2. The molecule has 2 nitrogen and oxygen atoms in total. The lowest BCUT2D eigenvalue weighted by molar-refractivity contribution is 0.543. The Morgan fingerprint density at radius 1 is 1.24 bits per heavy atom. The molecule has 0 amide bonds. The highest BCUT2D eigenvalue weighted by atomic mass is 14.3. The van der Waals surface area contributed by atoms with Crippen LogP contribution in [-0.4, -0.2) is 0 Å². The van der Waals surface area contributed by atoms with Crippen LogP contribution in [0.1, 0.15) is 40.0 Å². The summed E-state index contributed by atoms with van der Waals surface area (Å²) in [6.45, 7) is 6.46. The van der Waals surface area contributed by atoms with Crippen LogP contribution in [0.4, 0.5) is 0 Å². The van der Waals surface area contributed by atoms with Crippen LogP contribution < -0.4 is 0 Å². The van der Waals surface area contributed by atoms with Gasteiger partial charge in [-0.25, -0.2) is 0 Å². The normalized spacial score (nSPS) is 16.3. The molecule has 0 aliphatic heterocycles. The quantitative estimate of drug-likeness (QED) is 0.633. The van der Waals surface area contributed by atoms with Crippen molar-refractivity contribution in [3.63, 3.8) is 0 Å². The Morgan fingerprint density at radius 2 is 1.88 bits per heavy atom. The van der Waals surface area contributed by atoms with Crippen molar-refractivity contribution in [2.24, 2.45) is 5.41 Å². The van der Waals surface area contributed by atoms with Gasteiger partial charge in [0, 0.05) is 0 Å². The third-order valence-electron chi connectivity index (χ3n) is 2.61. The first-order valence-corrected chi connectivity index (χ1v) is 5.89. The van der Waals surface area contributed by atoms with Gasteiger partial charge in [0.25, 0.3) is 0 Å². The molecule has 88 valence electrons. The minimum absolute atomic E-state index is 0.162. The number of allylic oxidation sites excluding steroid dienone is 6. The van der Waals surface area contributed by atoms with E-state index in [9.17, 15) is 0 Å². The number of nitriles is 2. The van der Waals surface area contributed by atoms with E-state index < -0.39 is 0 Å². The lowest BCUT2D eigenvalue weighted by atomic mass is 9.89. The Morgan fingerprint density at radius 3 is 2.41 bits per heavy atom. The summed E-state index contributed by atoms with van der Waals surface area (Å²) < 4.78 is 0. The summed E-state index contributed by atoms with van der Waals surface area (Å²) in [6.07, 6.45) is 9.16. The molecular weight excluding hydrogens is 208 g/mol. The van der Waals surface area contributed by atoms with Gasteiger partial charge in [-0.05, 0) is 35.8 Å². The molecule has 0 aromatic carbocycles. The molecule has 1 rings (SSSR count). The van der Waals surface area contributed by atoms with Gasteiger partial charge in [-0.15, -0.1) is 0 Å². The second-order valence-electron chi connectivity index (χ2n) is 5.40. The van der Waals surface area contributed by atoms with Crippen molar-refractivity contribution in [2.75, 3.05) is 0 Å². The molecule has 0 bridgehead atoms. The fourth-order valence-corrected chi connectivity index (χ4v) is 1.71. The zero-order chi connectivity index (χ0) is 12.9. The van der Waals surface area contributed by atoms with Crippen LogP contribution in [0.25, 0.3) is 0 Å². The molecule has 0 heterocycles. The maximum absolute atomic E-state index is 8.85. The molecule has 0 radical (unpaired) electrons. The molecule has 1 aliphatic carbocycles. The van der Waals surface area contributed by atoms with Gasteiger partial charge in [0.1, 0.15) is 17.7 Å². The van der Waals surface area contributed by atoms with Gasteiger partial charge in [-0.2, -0.15) is 10.5 Å². The maximum Gasteiger partial charge on any atom is 0.132 e. The zero-order valence-corrected chi connectivity index (χ0v) is 10.7. The number of rotatable bonds is 1. The van der Waals surface area contributed by atoms with Crippen molar-refractivity contribution in [1.82, 2.24) is 0 Å². The SMILES string of the molecule is CC(C)(C)/C=C/C1=CC(=C(C#N)C#N)CCC1. The van der Waals surface area contributed by atoms with Crippen LogP contribution in [0.15, 0.2) is 34.9 Å². The van der Waals surface area contributed by atoms with E-state index >= 15 is 0 Å². The summed E-state index contributed by atoms with van der Waals surface area (Å²) in [5.41, 5.74) is 2.51. The van der Waals surface area contributed by atoms with Gasteiger partial charge in [-0.1, -0.05) is 39.0 Å². The van der Waals surface area contributed by atoms with E-state index in [1.165, 1.54) is 5.57 Å². The molecule has 0 spiro atoms. The summed E-state index contributed by atoms with van der Waals surface area (Å²) in [5, 5.41) is 17.7. The van der Waals surface area contributed by atoms with E-state index in [0.717, 1.165) is 24.8 Å². The third-order valence-corrected chi connectivity index (χ3v) is 2.61. The van der Waals surface area contributed by atoms with Crippen LogP contribution >= 0.6 is 0 Å². The standard InChI is InChI=1S/C15H18N2/c1-15(2,3)8-7-12-5-4-6-13(9-12)14(10-16)11-17/h7-9H,4-6H2,1-3H3/b8-7+. The minimum Gasteiger partial charge on any atom is -0.192 e. The molecule has 0 fully saturated rings. The maximum atomic E-state index is 8.85. The predicted molar refractivity (Wildman–Crippen MR) is 68.8 cm³/mol.